The quantitative estimate of drug-likeness (QED) is 0.676. The first-order valence-corrected chi connectivity index (χ1v) is 10.8. The van der Waals surface area contributed by atoms with Gasteiger partial charge in [0, 0.05) is 45.8 Å². The monoisotopic (exact) mass is 404 g/mol. The number of hydrogen-bond acceptors (Lipinski definition) is 4. The van der Waals surface area contributed by atoms with Crippen LogP contribution in [0.2, 0.25) is 0 Å². The molecule has 1 aliphatic rings. The summed E-state index contributed by atoms with van der Waals surface area (Å²) in [5.74, 6) is 0.220. The molecule has 0 saturated carbocycles. The van der Waals surface area contributed by atoms with Crippen LogP contribution in [0.5, 0.6) is 0 Å². The molecule has 1 heterocycles. The van der Waals surface area contributed by atoms with E-state index in [1.807, 2.05) is 29.2 Å². The van der Waals surface area contributed by atoms with Crippen molar-refractivity contribution in [2.75, 3.05) is 39.3 Å². The molecule has 0 bridgehead atoms. The molecule has 0 atom stereocenters. The third kappa shape index (κ3) is 6.41. The fourth-order valence-corrected chi connectivity index (χ4v) is 3.82. The van der Waals surface area contributed by atoms with Crippen LogP contribution in [0.4, 0.5) is 0 Å². The van der Waals surface area contributed by atoms with Crippen LogP contribution >= 0.6 is 0 Å². The van der Waals surface area contributed by atoms with Crippen molar-refractivity contribution >= 4 is 5.91 Å². The third-order valence-electron chi connectivity index (χ3n) is 5.65. The number of amides is 1. The first kappa shape index (κ1) is 22.0. The Bertz CT molecular complexity index is 846. The molecule has 0 unspecified atom stereocenters. The van der Waals surface area contributed by atoms with Gasteiger partial charge in [-0.05, 0) is 36.6 Å². The number of rotatable bonds is 8. The normalized spacial score (nSPS) is 15.0. The first-order chi connectivity index (χ1) is 14.6. The summed E-state index contributed by atoms with van der Waals surface area (Å²) < 4.78 is 0. The molecular formula is C25H32N4O. The smallest absolute Gasteiger partial charge is 0.237 e. The maximum Gasteiger partial charge on any atom is 0.237 e. The van der Waals surface area contributed by atoms with Crippen LogP contribution in [0.1, 0.15) is 35.6 Å². The summed E-state index contributed by atoms with van der Waals surface area (Å²) in [5, 5.41) is 8.92. The van der Waals surface area contributed by atoms with Crippen LogP contribution in [-0.2, 0) is 17.9 Å². The standard InChI is InChI=1S/C25H32N4O/c1-3-12-29(19-24-6-4-21(2)5-7-24)25(30)20-28-15-13-27(14-16-28)18-23-10-8-22(17-26)9-11-23/h4-11H,3,12-16,18-20H2,1-2H3. The third-order valence-corrected chi connectivity index (χ3v) is 5.65. The first-order valence-electron chi connectivity index (χ1n) is 10.8. The number of carbonyl (C=O) groups is 1. The molecule has 0 spiro atoms. The Morgan fingerprint density at radius 2 is 1.57 bits per heavy atom. The van der Waals surface area contributed by atoms with E-state index in [-0.39, 0.29) is 5.91 Å². The van der Waals surface area contributed by atoms with Crippen molar-refractivity contribution < 1.29 is 4.79 Å². The van der Waals surface area contributed by atoms with Gasteiger partial charge in [-0.3, -0.25) is 14.6 Å². The van der Waals surface area contributed by atoms with Gasteiger partial charge in [0.15, 0.2) is 0 Å². The number of nitrogens with zero attached hydrogens (tertiary/aromatic N) is 4. The van der Waals surface area contributed by atoms with Crippen molar-refractivity contribution in [1.29, 1.82) is 5.26 Å². The fraction of sp³-hybridized carbons (Fsp3) is 0.440. The average molecular weight is 405 g/mol. The molecular weight excluding hydrogens is 372 g/mol. The number of carbonyl (C=O) groups excluding carboxylic acids is 1. The van der Waals surface area contributed by atoms with Crippen LogP contribution in [0.3, 0.4) is 0 Å². The van der Waals surface area contributed by atoms with Crippen molar-refractivity contribution in [3.05, 3.63) is 70.8 Å². The molecule has 5 nitrogen and oxygen atoms in total. The summed E-state index contributed by atoms with van der Waals surface area (Å²) in [6, 6.07) is 18.4. The van der Waals surface area contributed by atoms with E-state index in [1.54, 1.807) is 0 Å². The summed E-state index contributed by atoms with van der Waals surface area (Å²) in [4.78, 5) is 19.6. The summed E-state index contributed by atoms with van der Waals surface area (Å²) >= 11 is 0. The SMILES string of the molecule is CCCN(Cc1ccc(C)cc1)C(=O)CN1CCN(Cc2ccc(C#N)cc2)CC1. The van der Waals surface area contributed by atoms with Crippen molar-refractivity contribution in [2.24, 2.45) is 0 Å². The highest BCUT2D eigenvalue weighted by atomic mass is 16.2. The zero-order valence-electron chi connectivity index (χ0n) is 18.2. The summed E-state index contributed by atoms with van der Waals surface area (Å²) in [5.41, 5.74) is 4.36. The number of hydrogen-bond donors (Lipinski definition) is 0. The Morgan fingerprint density at radius 3 is 2.17 bits per heavy atom. The van der Waals surface area contributed by atoms with E-state index in [9.17, 15) is 4.79 Å². The Morgan fingerprint density at radius 1 is 0.967 bits per heavy atom. The lowest BCUT2D eigenvalue weighted by atomic mass is 10.1. The second kappa shape index (κ2) is 10.9. The van der Waals surface area contributed by atoms with E-state index in [2.05, 4.69) is 54.0 Å². The van der Waals surface area contributed by atoms with Crippen molar-refractivity contribution in [1.82, 2.24) is 14.7 Å². The fourth-order valence-electron chi connectivity index (χ4n) is 3.82. The van der Waals surface area contributed by atoms with E-state index < -0.39 is 0 Å². The largest absolute Gasteiger partial charge is 0.337 e. The summed E-state index contributed by atoms with van der Waals surface area (Å²) in [6.45, 7) is 10.8. The highest BCUT2D eigenvalue weighted by Crippen LogP contribution is 2.12. The molecule has 0 radical (unpaired) electrons. The number of benzene rings is 2. The van der Waals surface area contributed by atoms with Crippen molar-refractivity contribution in [2.45, 2.75) is 33.4 Å². The molecule has 0 aromatic heterocycles. The maximum absolute atomic E-state index is 12.9. The van der Waals surface area contributed by atoms with E-state index in [4.69, 9.17) is 5.26 Å². The molecule has 2 aromatic carbocycles. The zero-order valence-corrected chi connectivity index (χ0v) is 18.2. The molecule has 0 N–H and O–H groups in total. The molecule has 1 amide bonds. The lowest BCUT2D eigenvalue weighted by Gasteiger charge is -2.35. The minimum atomic E-state index is 0.220. The van der Waals surface area contributed by atoms with Crippen molar-refractivity contribution in [3.63, 3.8) is 0 Å². The second-order valence-electron chi connectivity index (χ2n) is 8.16. The van der Waals surface area contributed by atoms with Gasteiger partial charge in [0.2, 0.25) is 5.91 Å². The molecule has 5 heteroatoms. The Hall–Kier alpha value is -2.68. The van der Waals surface area contributed by atoms with E-state index in [0.29, 0.717) is 18.7 Å². The number of aryl methyl sites for hydroxylation is 1. The Balaban J connectivity index is 1.47. The molecule has 2 aromatic rings. The highest BCUT2D eigenvalue weighted by Gasteiger charge is 2.21. The van der Waals surface area contributed by atoms with E-state index in [0.717, 1.165) is 45.7 Å². The average Bonchev–Trinajstić information content (AvgIpc) is 2.77. The maximum atomic E-state index is 12.9. The lowest BCUT2D eigenvalue weighted by Crippen LogP contribution is -2.49. The zero-order chi connectivity index (χ0) is 21.3. The summed E-state index contributed by atoms with van der Waals surface area (Å²) in [6.07, 6.45) is 0.968. The van der Waals surface area contributed by atoms with Gasteiger partial charge in [0.1, 0.15) is 0 Å². The van der Waals surface area contributed by atoms with Gasteiger partial charge in [-0.1, -0.05) is 48.9 Å². The molecule has 158 valence electrons. The Kier molecular flexibility index (Phi) is 8.01. The van der Waals surface area contributed by atoms with E-state index >= 15 is 0 Å². The Labute approximate surface area is 180 Å². The van der Waals surface area contributed by atoms with Gasteiger partial charge in [0.05, 0.1) is 18.2 Å². The van der Waals surface area contributed by atoms with Gasteiger partial charge < -0.3 is 4.90 Å². The van der Waals surface area contributed by atoms with Gasteiger partial charge in [-0.25, -0.2) is 0 Å². The van der Waals surface area contributed by atoms with Crippen LogP contribution in [0, 0.1) is 18.3 Å². The molecule has 30 heavy (non-hydrogen) atoms. The molecule has 1 fully saturated rings. The topological polar surface area (TPSA) is 50.6 Å². The van der Waals surface area contributed by atoms with E-state index in [1.165, 1.54) is 16.7 Å². The highest BCUT2D eigenvalue weighted by molar-refractivity contribution is 5.78. The predicted molar refractivity (Wildman–Crippen MR) is 120 cm³/mol. The number of nitriles is 1. The minimum Gasteiger partial charge on any atom is -0.337 e. The van der Waals surface area contributed by atoms with Crippen molar-refractivity contribution in [3.8, 4) is 6.07 Å². The number of piperazine rings is 1. The summed E-state index contributed by atoms with van der Waals surface area (Å²) in [7, 11) is 0. The molecule has 1 aliphatic heterocycles. The molecule has 3 rings (SSSR count). The van der Waals surface area contributed by atoms with Gasteiger partial charge >= 0.3 is 0 Å². The molecule has 1 saturated heterocycles. The van der Waals surface area contributed by atoms with Crippen LogP contribution < -0.4 is 0 Å². The predicted octanol–water partition coefficient (Wildman–Crippen LogP) is 3.42. The van der Waals surface area contributed by atoms with Gasteiger partial charge in [-0.2, -0.15) is 5.26 Å². The van der Waals surface area contributed by atoms with Crippen LogP contribution in [0.25, 0.3) is 0 Å². The van der Waals surface area contributed by atoms with Gasteiger partial charge in [0.25, 0.3) is 0 Å². The lowest BCUT2D eigenvalue weighted by molar-refractivity contribution is -0.133. The van der Waals surface area contributed by atoms with Crippen LogP contribution in [0.15, 0.2) is 48.5 Å². The van der Waals surface area contributed by atoms with Crippen LogP contribution in [-0.4, -0.2) is 59.9 Å². The second-order valence-corrected chi connectivity index (χ2v) is 8.16. The molecule has 0 aliphatic carbocycles. The van der Waals surface area contributed by atoms with Gasteiger partial charge in [-0.15, -0.1) is 0 Å². The minimum absolute atomic E-state index is 0.220.